The van der Waals surface area contributed by atoms with Gasteiger partial charge in [0.15, 0.2) is 5.96 Å². The van der Waals surface area contributed by atoms with Gasteiger partial charge in [0.2, 0.25) is 0 Å². The van der Waals surface area contributed by atoms with E-state index in [1.807, 2.05) is 6.07 Å². The maximum atomic E-state index is 4.25. The van der Waals surface area contributed by atoms with Crippen LogP contribution in [0.4, 0.5) is 0 Å². The molecule has 0 saturated heterocycles. The fourth-order valence-corrected chi connectivity index (χ4v) is 2.89. The van der Waals surface area contributed by atoms with Gasteiger partial charge in [-0.1, -0.05) is 35.0 Å². The molecule has 1 aromatic carbocycles. The second kappa shape index (κ2) is 12.2. The monoisotopic (exact) mass is 520 g/mol. The summed E-state index contributed by atoms with van der Waals surface area (Å²) in [4.78, 5) is 4.25. The minimum Gasteiger partial charge on any atom is -0.356 e. The lowest BCUT2D eigenvalue weighted by molar-refractivity contribution is 0.630. The molecule has 0 fully saturated rings. The molecule has 2 aromatic rings. The Morgan fingerprint density at radius 3 is 2.80 bits per heavy atom. The second-order valence-electron chi connectivity index (χ2n) is 5.45. The van der Waals surface area contributed by atoms with E-state index in [2.05, 4.69) is 71.4 Å². The van der Waals surface area contributed by atoms with Gasteiger partial charge in [0, 0.05) is 37.6 Å². The number of rotatable bonds is 8. The Hall–Kier alpha value is -1.16. The fraction of sp³-hybridized carbons (Fsp3) is 0.471. The van der Waals surface area contributed by atoms with Gasteiger partial charge in [-0.05, 0) is 30.5 Å². The van der Waals surface area contributed by atoms with Crippen LogP contribution in [0.3, 0.4) is 0 Å². The van der Waals surface area contributed by atoms with Crippen LogP contribution in [0.25, 0.3) is 0 Å². The highest BCUT2D eigenvalue weighted by molar-refractivity contribution is 14.0. The number of nitrogens with zero attached hydrogens (tertiary/aromatic N) is 4. The molecule has 0 spiro atoms. The molecular formula is C17H26BrIN6. The molecule has 2 N–H and O–H groups in total. The van der Waals surface area contributed by atoms with Crippen LogP contribution in [-0.4, -0.2) is 40.9 Å². The summed E-state index contributed by atoms with van der Waals surface area (Å²) in [6.45, 7) is 4.59. The molecule has 6 nitrogen and oxygen atoms in total. The van der Waals surface area contributed by atoms with E-state index >= 15 is 0 Å². The second-order valence-corrected chi connectivity index (χ2v) is 6.37. The van der Waals surface area contributed by atoms with Gasteiger partial charge in [-0.25, -0.2) is 0 Å². The summed E-state index contributed by atoms with van der Waals surface area (Å²) >= 11 is 3.50. The Labute approximate surface area is 175 Å². The van der Waals surface area contributed by atoms with Crippen molar-refractivity contribution in [3.05, 3.63) is 46.5 Å². The van der Waals surface area contributed by atoms with E-state index in [1.165, 1.54) is 5.56 Å². The van der Waals surface area contributed by atoms with Gasteiger partial charge < -0.3 is 15.2 Å². The Bertz CT molecular complexity index is 658. The number of aryl methyl sites for hydroxylation is 2. The highest BCUT2D eigenvalue weighted by Crippen LogP contribution is 2.12. The number of guanidine groups is 1. The van der Waals surface area contributed by atoms with Crippen molar-refractivity contribution < 1.29 is 0 Å². The first-order valence-electron chi connectivity index (χ1n) is 8.28. The Balaban J connectivity index is 0.00000312. The quantitative estimate of drug-likeness (QED) is 0.243. The Morgan fingerprint density at radius 2 is 2.08 bits per heavy atom. The van der Waals surface area contributed by atoms with E-state index < -0.39 is 0 Å². The molecule has 138 valence electrons. The van der Waals surface area contributed by atoms with E-state index in [1.54, 1.807) is 13.4 Å². The van der Waals surface area contributed by atoms with Crippen LogP contribution in [0.2, 0.25) is 0 Å². The molecule has 0 saturated carbocycles. The van der Waals surface area contributed by atoms with Gasteiger partial charge in [-0.2, -0.15) is 0 Å². The Morgan fingerprint density at radius 1 is 1.28 bits per heavy atom. The van der Waals surface area contributed by atoms with Gasteiger partial charge in [0.1, 0.15) is 12.2 Å². The summed E-state index contributed by atoms with van der Waals surface area (Å²) in [6, 6.07) is 8.44. The molecule has 0 aliphatic carbocycles. The lowest BCUT2D eigenvalue weighted by atomic mass is 10.1. The van der Waals surface area contributed by atoms with Crippen molar-refractivity contribution in [1.82, 2.24) is 25.4 Å². The summed E-state index contributed by atoms with van der Waals surface area (Å²) in [5.74, 6) is 1.84. The first kappa shape index (κ1) is 21.9. The van der Waals surface area contributed by atoms with Crippen LogP contribution >= 0.6 is 39.9 Å². The molecular weight excluding hydrogens is 495 g/mol. The number of hydrogen-bond acceptors (Lipinski definition) is 3. The van der Waals surface area contributed by atoms with Crippen LogP contribution in [0.5, 0.6) is 0 Å². The molecule has 0 unspecified atom stereocenters. The number of nitrogens with one attached hydrogen (secondary N) is 2. The largest absolute Gasteiger partial charge is 0.356 e. The zero-order valence-corrected chi connectivity index (χ0v) is 18.6. The first-order chi connectivity index (χ1) is 11.7. The molecule has 0 aliphatic rings. The van der Waals surface area contributed by atoms with Crippen molar-refractivity contribution >= 4 is 45.9 Å². The molecule has 0 aliphatic heterocycles. The number of aliphatic imine (C=N–C) groups is 1. The highest BCUT2D eigenvalue weighted by Gasteiger charge is 2.02. The molecule has 1 heterocycles. The van der Waals surface area contributed by atoms with Gasteiger partial charge >= 0.3 is 0 Å². The fourth-order valence-electron chi connectivity index (χ4n) is 2.45. The summed E-state index contributed by atoms with van der Waals surface area (Å²) in [6.07, 6.45) is 4.77. The third kappa shape index (κ3) is 7.72. The molecule has 8 heteroatoms. The average Bonchev–Trinajstić information content (AvgIpc) is 3.04. The van der Waals surface area contributed by atoms with E-state index in [-0.39, 0.29) is 24.0 Å². The van der Waals surface area contributed by atoms with Gasteiger partial charge in [-0.3, -0.25) is 4.99 Å². The van der Waals surface area contributed by atoms with Crippen molar-refractivity contribution in [3.8, 4) is 0 Å². The van der Waals surface area contributed by atoms with E-state index in [4.69, 9.17) is 0 Å². The van der Waals surface area contributed by atoms with Crippen LogP contribution in [0.15, 0.2) is 40.1 Å². The number of benzene rings is 1. The van der Waals surface area contributed by atoms with Crippen LogP contribution in [0, 0.1) is 0 Å². The molecule has 1 aromatic heterocycles. The van der Waals surface area contributed by atoms with Crippen molar-refractivity contribution in [2.45, 2.75) is 32.7 Å². The van der Waals surface area contributed by atoms with Crippen LogP contribution in [0.1, 0.15) is 24.7 Å². The number of halogens is 2. The summed E-state index contributed by atoms with van der Waals surface area (Å²) < 4.78 is 3.19. The Kier molecular flexibility index (Phi) is 10.7. The van der Waals surface area contributed by atoms with Gasteiger partial charge in [0.05, 0.1) is 0 Å². The number of hydrogen-bond donors (Lipinski definition) is 2. The normalized spacial score (nSPS) is 11.1. The van der Waals surface area contributed by atoms with Crippen LogP contribution < -0.4 is 10.6 Å². The molecule has 0 atom stereocenters. The van der Waals surface area contributed by atoms with Crippen molar-refractivity contribution in [2.75, 3.05) is 20.1 Å². The average molecular weight is 521 g/mol. The third-order valence-corrected chi connectivity index (χ3v) is 4.20. The predicted octanol–water partition coefficient (Wildman–Crippen LogP) is 3.02. The maximum absolute atomic E-state index is 4.25. The van der Waals surface area contributed by atoms with Crippen molar-refractivity contribution in [3.63, 3.8) is 0 Å². The molecule has 0 radical (unpaired) electrons. The number of aromatic nitrogens is 3. The third-order valence-electron chi connectivity index (χ3n) is 3.70. The summed E-state index contributed by atoms with van der Waals surface area (Å²) in [7, 11) is 1.79. The molecule has 0 bridgehead atoms. The molecule has 0 amide bonds. The zero-order valence-electron chi connectivity index (χ0n) is 14.7. The summed E-state index contributed by atoms with van der Waals surface area (Å²) in [5.41, 5.74) is 1.34. The van der Waals surface area contributed by atoms with E-state index in [9.17, 15) is 0 Å². The predicted molar refractivity (Wildman–Crippen MR) is 117 cm³/mol. The van der Waals surface area contributed by atoms with Crippen molar-refractivity contribution in [1.29, 1.82) is 0 Å². The van der Waals surface area contributed by atoms with Gasteiger partial charge in [0.25, 0.3) is 0 Å². The van der Waals surface area contributed by atoms with Crippen molar-refractivity contribution in [2.24, 2.45) is 4.99 Å². The van der Waals surface area contributed by atoms with Gasteiger partial charge in [-0.15, -0.1) is 34.2 Å². The van der Waals surface area contributed by atoms with E-state index in [0.717, 1.165) is 55.2 Å². The highest BCUT2D eigenvalue weighted by atomic mass is 127. The minimum atomic E-state index is 0. The first-order valence-corrected chi connectivity index (χ1v) is 9.08. The minimum absolute atomic E-state index is 0. The molecule has 2 rings (SSSR count). The molecule has 25 heavy (non-hydrogen) atoms. The van der Waals surface area contributed by atoms with Crippen LogP contribution in [-0.2, 0) is 19.4 Å². The van der Waals surface area contributed by atoms with E-state index in [0.29, 0.717) is 0 Å². The zero-order chi connectivity index (χ0) is 17.2. The topological polar surface area (TPSA) is 67.1 Å². The smallest absolute Gasteiger partial charge is 0.191 e. The summed E-state index contributed by atoms with van der Waals surface area (Å²) in [5, 5.41) is 14.7. The standard InChI is InChI=1S/C17H25BrN6.HI/c1-3-16-23-22-13-24(16)11-10-21-17(19-2)20-9-5-7-14-6-4-8-15(18)12-14;/h4,6,8,12-13H,3,5,7,9-11H2,1-2H3,(H2,19,20,21);1H. The maximum Gasteiger partial charge on any atom is 0.191 e. The SMILES string of the molecule is CCc1nncn1CCNC(=NC)NCCCc1cccc(Br)c1.I. The lowest BCUT2D eigenvalue weighted by Crippen LogP contribution is -2.39. The lowest BCUT2D eigenvalue weighted by Gasteiger charge is -2.12.